The van der Waals surface area contributed by atoms with Crippen molar-refractivity contribution in [3.05, 3.63) is 44.3 Å². The van der Waals surface area contributed by atoms with Gasteiger partial charge in [-0.1, -0.05) is 11.6 Å². The molecule has 0 aliphatic carbocycles. The van der Waals surface area contributed by atoms with Crippen LogP contribution in [0.4, 0.5) is 5.00 Å². The van der Waals surface area contributed by atoms with Gasteiger partial charge in [0, 0.05) is 9.90 Å². The molecule has 1 amide bonds. The number of esters is 1. The lowest BCUT2D eigenvalue weighted by atomic mass is 10.1. The van der Waals surface area contributed by atoms with Crippen LogP contribution in [0.1, 0.15) is 38.8 Å². The summed E-state index contributed by atoms with van der Waals surface area (Å²) in [5, 5.41) is 3.56. The first-order chi connectivity index (χ1) is 14.1. The highest BCUT2D eigenvalue weighted by Crippen LogP contribution is 2.38. The maximum Gasteiger partial charge on any atom is 0.341 e. The smallest absolute Gasteiger partial charge is 0.341 e. The summed E-state index contributed by atoms with van der Waals surface area (Å²) in [4.78, 5) is 25.6. The standard InChI is InChI=1S/C20H22ClNO6S2/c1-4-27-20(24)17-14-5-6-30(25,26)10-15(14)29-19(17)22-16(23)9-28-18-11(2)7-13(21)8-12(18)3/h7-8H,4-6,9-10H2,1-3H3,(H,22,23). The Kier molecular flexibility index (Phi) is 6.74. The molecule has 1 aliphatic rings. The molecule has 1 aromatic carbocycles. The van der Waals surface area contributed by atoms with Gasteiger partial charge in [-0.2, -0.15) is 0 Å². The molecule has 10 heteroatoms. The maximum atomic E-state index is 12.5. The van der Waals surface area contributed by atoms with Crippen molar-refractivity contribution in [2.24, 2.45) is 0 Å². The van der Waals surface area contributed by atoms with Gasteiger partial charge in [0.2, 0.25) is 0 Å². The molecule has 1 aliphatic heterocycles. The quantitative estimate of drug-likeness (QED) is 0.645. The summed E-state index contributed by atoms with van der Waals surface area (Å²) in [6.07, 6.45) is 0.220. The molecule has 0 atom stereocenters. The summed E-state index contributed by atoms with van der Waals surface area (Å²) in [5.74, 6) is -0.647. The van der Waals surface area contributed by atoms with Gasteiger partial charge in [0.25, 0.3) is 5.91 Å². The molecule has 0 spiro atoms. The lowest BCUT2D eigenvalue weighted by molar-refractivity contribution is -0.118. The van der Waals surface area contributed by atoms with Crippen LogP contribution in [0.3, 0.4) is 0 Å². The van der Waals surface area contributed by atoms with Gasteiger partial charge in [0.15, 0.2) is 16.4 Å². The summed E-state index contributed by atoms with van der Waals surface area (Å²) in [7, 11) is -3.22. The third kappa shape index (κ3) is 4.96. The third-order valence-corrected chi connectivity index (χ3v) is 7.71. The minimum atomic E-state index is -3.22. The second-order valence-electron chi connectivity index (χ2n) is 6.98. The molecule has 2 aromatic rings. The molecule has 0 saturated heterocycles. The fourth-order valence-electron chi connectivity index (χ4n) is 3.36. The van der Waals surface area contributed by atoms with E-state index in [1.165, 1.54) is 0 Å². The van der Waals surface area contributed by atoms with Gasteiger partial charge in [0.05, 0.1) is 23.7 Å². The largest absolute Gasteiger partial charge is 0.483 e. The second kappa shape index (κ2) is 8.95. The van der Waals surface area contributed by atoms with E-state index >= 15 is 0 Å². The number of hydrogen-bond donors (Lipinski definition) is 1. The SMILES string of the molecule is CCOC(=O)c1c(NC(=O)COc2c(C)cc(Cl)cc2C)sc2c1CCS(=O)(=O)C2. The molecule has 0 unspecified atom stereocenters. The number of amides is 1. The number of sulfone groups is 1. The number of anilines is 1. The first kappa shape index (κ1) is 22.6. The Hall–Kier alpha value is -2.10. The summed E-state index contributed by atoms with van der Waals surface area (Å²) >= 11 is 7.11. The van der Waals surface area contributed by atoms with Crippen LogP contribution in [-0.4, -0.2) is 39.3 Å². The number of rotatable bonds is 6. The van der Waals surface area contributed by atoms with Crippen molar-refractivity contribution in [2.75, 3.05) is 24.3 Å². The predicted octanol–water partition coefficient (Wildman–Crippen LogP) is 3.68. The third-order valence-electron chi connectivity index (χ3n) is 4.61. The molecule has 0 saturated carbocycles. The number of nitrogens with one attached hydrogen (secondary N) is 1. The molecule has 0 radical (unpaired) electrons. The van der Waals surface area contributed by atoms with Gasteiger partial charge in [0.1, 0.15) is 10.8 Å². The minimum Gasteiger partial charge on any atom is -0.483 e. The molecule has 0 bridgehead atoms. The van der Waals surface area contributed by atoms with Crippen molar-refractivity contribution in [3.8, 4) is 5.75 Å². The van der Waals surface area contributed by atoms with Crippen molar-refractivity contribution in [1.82, 2.24) is 0 Å². The fourth-order valence-corrected chi connectivity index (χ4v) is 6.74. The summed E-state index contributed by atoms with van der Waals surface area (Å²) in [6.45, 7) is 5.25. The Morgan fingerprint density at radius 2 is 1.90 bits per heavy atom. The van der Waals surface area contributed by atoms with E-state index in [9.17, 15) is 18.0 Å². The molecule has 1 N–H and O–H groups in total. The predicted molar refractivity (Wildman–Crippen MR) is 117 cm³/mol. The Balaban J connectivity index is 1.81. The van der Waals surface area contributed by atoms with Crippen molar-refractivity contribution < 1.29 is 27.5 Å². The van der Waals surface area contributed by atoms with Crippen molar-refractivity contribution in [2.45, 2.75) is 32.9 Å². The number of carbonyl (C=O) groups excluding carboxylic acids is 2. The highest BCUT2D eigenvalue weighted by Gasteiger charge is 2.32. The topological polar surface area (TPSA) is 98.8 Å². The molecule has 162 valence electrons. The van der Waals surface area contributed by atoms with Crippen molar-refractivity contribution in [3.63, 3.8) is 0 Å². The highest BCUT2D eigenvalue weighted by atomic mass is 35.5. The molecule has 3 rings (SSSR count). The summed E-state index contributed by atoms with van der Waals surface area (Å²) in [6, 6.07) is 3.49. The van der Waals surface area contributed by atoms with E-state index in [4.69, 9.17) is 21.1 Å². The first-order valence-corrected chi connectivity index (χ1v) is 12.3. The average Bonchev–Trinajstić information content (AvgIpc) is 2.96. The molecular formula is C20H22ClNO6S2. The van der Waals surface area contributed by atoms with E-state index in [0.717, 1.165) is 22.5 Å². The van der Waals surface area contributed by atoms with Crippen LogP contribution >= 0.6 is 22.9 Å². The van der Waals surface area contributed by atoms with Crippen LogP contribution in [0.2, 0.25) is 5.02 Å². The van der Waals surface area contributed by atoms with E-state index in [1.807, 2.05) is 13.8 Å². The molecule has 7 nitrogen and oxygen atoms in total. The van der Waals surface area contributed by atoms with E-state index in [-0.39, 0.29) is 41.7 Å². The number of thiophene rings is 1. The van der Waals surface area contributed by atoms with Crippen LogP contribution in [-0.2, 0) is 31.5 Å². The number of fused-ring (bicyclic) bond motifs is 1. The Bertz CT molecular complexity index is 1080. The first-order valence-electron chi connectivity index (χ1n) is 9.32. The van der Waals surface area contributed by atoms with Gasteiger partial charge in [-0.25, -0.2) is 13.2 Å². The molecule has 30 heavy (non-hydrogen) atoms. The molecule has 2 heterocycles. The number of aryl methyl sites for hydroxylation is 2. The van der Waals surface area contributed by atoms with Gasteiger partial charge < -0.3 is 14.8 Å². The maximum absolute atomic E-state index is 12.5. The number of ether oxygens (including phenoxy) is 2. The van der Waals surface area contributed by atoms with E-state index in [1.54, 1.807) is 19.1 Å². The normalized spacial score (nSPS) is 14.7. The van der Waals surface area contributed by atoms with Crippen molar-refractivity contribution in [1.29, 1.82) is 0 Å². The minimum absolute atomic E-state index is 0.0330. The molecular weight excluding hydrogens is 450 g/mol. The van der Waals surface area contributed by atoms with Gasteiger partial charge in [-0.3, -0.25) is 4.79 Å². The molecule has 0 fully saturated rings. The zero-order valence-electron chi connectivity index (χ0n) is 16.8. The Labute approximate surface area is 184 Å². The zero-order chi connectivity index (χ0) is 22.1. The van der Waals surface area contributed by atoms with Crippen LogP contribution < -0.4 is 10.1 Å². The van der Waals surface area contributed by atoms with E-state index in [2.05, 4.69) is 5.32 Å². The van der Waals surface area contributed by atoms with Gasteiger partial charge in [-0.05, 0) is 56.0 Å². The Morgan fingerprint density at radius 3 is 2.53 bits per heavy atom. The van der Waals surface area contributed by atoms with Crippen LogP contribution in [0.15, 0.2) is 12.1 Å². The number of halogens is 1. The van der Waals surface area contributed by atoms with Crippen molar-refractivity contribution >= 4 is 49.7 Å². The molecule has 1 aromatic heterocycles. The highest BCUT2D eigenvalue weighted by molar-refractivity contribution is 7.90. The number of hydrogen-bond acceptors (Lipinski definition) is 7. The average molecular weight is 472 g/mol. The monoisotopic (exact) mass is 471 g/mol. The number of carbonyl (C=O) groups is 2. The number of benzene rings is 1. The fraction of sp³-hybridized carbons (Fsp3) is 0.400. The second-order valence-corrected chi connectivity index (χ2v) is 10.7. The van der Waals surface area contributed by atoms with Gasteiger partial charge >= 0.3 is 5.97 Å². The van der Waals surface area contributed by atoms with Crippen LogP contribution in [0.25, 0.3) is 0 Å². The van der Waals surface area contributed by atoms with E-state index < -0.39 is 21.7 Å². The Morgan fingerprint density at radius 1 is 1.23 bits per heavy atom. The lowest BCUT2D eigenvalue weighted by Crippen LogP contribution is -2.22. The van der Waals surface area contributed by atoms with E-state index in [0.29, 0.717) is 21.2 Å². The van der Waals surface area contributed by atoms with Crippen LogP contribution in [0, 0.1) is 13.8 Å². The zero-order valence-corrected chi connectivity index (χ0v) is 19.2. The summed E-state index contributed by atoms with van der Waals surface area (Å²) < 4.78 is 34.7. The lowest BCUT2D eigenvalue weighted by Gasteiger charge is -2.14. The summed E-state index contributed by atoms with van der Waals surface area (Å²) in [5.41, 5.74) is 2.47. The van der Waals surface area contributed by atoms with Crippen LogP contribution in [0.5, 0.6) is 5.75 Å². The van der Waals surface area contributed by atoms with Gasteiger partial charge in [-0.15, -0.1) is 11.3 Å².